The quantitative estimate of drug-likeness (QED) is 0.570. The van der Waals surface area contributed by atoms with Crippen LogP contribution in [-0.4, -0.2) is 12.5 Å². The molecule has 14 heavy (non-hydrogen) atoms. The molecule has 1 unspecified atom stereocenters. The van der Waals surface area contributed by atoms with Gasteiger partial charge in [0.25, 0.3) is 0 Å². The van der Waals surface area contributed by atoms with E-state index in [4.69, 9.17) is 4.74 Å². The van der Waals surface area contributed by atoms with E-state index in [2.05, 4.69) is 5.32 Å². The number of carbonyl (C=O) groups excluding carboxylic acids is 1. The molecule has 0 radical (unpaired) electrons. The van der Waals surface area contributed by atoms with E-state index < -0.39 is 0 Å². The minimum atomic E-state index is -0.278. The van der Waals surface area contributed by atoms with Crippen molar-refractivity contribution < 1.29 is 9.53 Å². The largest absolute Gasteiger partial charge is 0.427 e. The lowest BCUT2D eigenvalue weighted by atomic mass is 9.98. The molecule has 1 heterocycles. The standard InChI is InChI=1S/C11H13NO2/c1-8(13)14-10-4-2-9(3-5-10)11-6-7-12-11/h2-5,11-12H,6-7H2,1H3. The first-order valence-corrected chi connectivity index (χ1v) is 4.77. The monoisotopic (exact) mass is 191 g/mol. The molecule has 2 rings (SSSR count). The molecule has 74 valence electrons. The summed E-state index contributed by atoms with van der Waals surface area (Å²) in [7, 11) is 0. The molecule has 1 N–H and O–H groups in total. The summed E-state index contributed by atoms with van der Waals surface area (Å²) in [5, 5.41) is 3.31. The van der Waals surface area contributed by atoms with E-state index in [9.17, 15) is 4.79 Å². The third-order valence-electron chi connectivity index (χ3n) is 2.37. The fourth-order valence-corrected chi connectivity index (χ4v) is 1.51. The molecule has 1 saturated heterocycles. The highest BCUT2D eigenvalue weighted by Crippen LogP contribution is 2.24. The fraction of sp³-hybridized carbons (Fsp3) is 0.364. The van der Waals surface area contributed by atoms with Gasteiger partial charge in [0.1, 0.15) is 5.75 Å². The third-order valence-corrected chi connectivity index (χ3v) is 2.37. The molecule has 1 atom stereocenters. The first-order valence-electron chi connectivity index (χ1n) is 4.77. The highest BCUT2D eigenvalue weighted by Gasteiger charge is 2.17. The Bertz CT molecular complexity index is 328. The maximum atomic E-state index is 10.7. The van der Waals surface area contributed by atoms with Gasteiger partial charge >= 0.3 is 5.97 Å². The normalized spacial score (nSPS) is 19.9. The number of benzene rings is 1. The highest BCUT2D eigenvalue weighted by molar-refractivity contribution is 5.69. The van der Waals surface area contributed by atoms with Crippen LogP contribution in [-0.2, 0) is 4.79 Å². The van der Waals surface area contributed by atoms with Gasteiger partial charge in [0, 0.05) is 13.0 Å². The van der Waals surface area contributed by atoms with Gasteiger partial charge in [-0.25, -0.2) is 0 Å². The molecule has 1 aliphatic heterocycles. The Kier molecular flexibility index (Phi) is 2.50. The molecule has 3 nitrogen and oxygen atoms in total. The summed E-state index contributed by atoms with van der Waals surface area (Å²) in [4.78, 5) is 10.7. The van der Waals surface area contributed by atoms with Crippen LogP contribution in [0.25, 0.3) is 0 Å². The molecule has 0 saturated carbocycles. The molecule has 0 spiro atoms. The number of rotatable bonds is 2. The van der Waals surface area contributed by atoms with Crippen molar-refractivity contribution in [3.05, 3.63) is 29.8 Å². The van der Waals surface area contributed by atoms with E-state index in [1.54, 1.807) is 0 Å². The lowest BCUT2D eigenvalue weighted by Crippen LogP contribution is -2.34. The molecular formula is C11H13NO2. The van der Waals surface area contributed by atoms with Crippen LogP contribution in [0.4, 0.5) is 0 Å². The van der Waals surface area contributed by atoms with Crippen molar-refractivity contribution in [2.75, 3.05) is 6.54 Å². The highest BCUT2D eigenvalue weighted by atomic mass is 16.5. The fourth-order valence-electron chi connectivity index (χ4n) is 1.51. The maximum absolute atomic E-state index is 10.7. The Hall–Kier alpha value is -1.35. The van der Waals surface area contributed by atoms with Crippen molar-refractivity contribution in [3.63, 3.8) is 0 Å². The minimum absolute atomic E-state index is 0.278. The number of carbonyl (C=O) groups is 1. The molecule has 1 fully saturated rings. The Morgan fingerprint density at radius 3 is 2.50 bits per heavy atom. The summed E-state index contributed by atoms with van der Waals surface area (Å²) in [6.07, 6.45) is 1.19. The minimum Gasteiger partial charge on any atom is -0.427 e. The molecule has 3 heteroatoms. The summed E-state index contributed by atoms with van der Waals surface area (Å²) in [6, 6.07) is 8.14. The van der Waals surface area contributed by atoms with Crippen LogP contribution in [0.2, 0.25) is 0 Å². The second-order valence-electron chi connectivity index (χ2n) is 3.46. The summed E-state index contributed by atoms with van der Waals surface area (Å²) in [6.45, 7) is 2.50. The van der Waals surface area contributed by atoms with Crippen LogP contribution in [0.1, 0.15) is 24.9 Å². The van der Waals surface area contributed by atoms with Gasteiger partial charge in [-0.2, -0.15) is 0 Å². The Balaban J connectivity index is 2.05. The molecule has 1 aromatic rings. The Morgan fingerprint density at radius 1 is 1.43 bits per heavy atom. The van der Waals surface area contributed by atoms with Crippen LogP contribution >= 0.6 is 0 Å². The first kappa shape index (κ1) is 9.21. The van der Waals surface area contributed by atoms with Crippen molar-refractivity contribution in [1.29, 1.82) is 0 Å². The smallest absolute Gasteiger partial charge is 0.308 e. The van der Waals surface area contributed by atoms with Gasteiger partial charge in [-0.1, -0.05) is 12.1 Å². The molecule has 0 bridgehead atoms. The molecular weight excluding hydrogens is 178 g/mol. The third kappa shape index (κ3) is 1.93. The van der Waals surface area contributed by atoms with Crippen molar-refractivity contribution in [3.8, 4) is 5.75 Å². The average molecular weight is 191 g/mol. The van der Waals surface area contributed by atoms with Gasteiger partial charge in [-0.05, 0) is 30.7 Å². The molecule has 1 aliphatic rings. The first-order chi connectivity index (χ1) is 6.75. The van der Waals surface area contributed by atoms with Crippen LogP contribution < -0.4 is 10.1 Å². The zero-order valence-corrected chi connectivity index (χ0v) is 8.12. The van der Waals surface area contributed by atoms with Crippen molar-refractivity contribution >= 4 is 5.97 Å². The summed E-state index contributed by atoms with van der Waals surface area (Å²) < 4.78 is 4.94. The van der Waals surface area contributed by atoms with Crippen molar-refractivity contribution in [2.45, 2.75) is 19.4 Å². The van der Waals surface area contributed by atoms with Crippen LogP contribution in [0.15, 0.2) is 24.3 Å². The summed E-state index contributed by atoms with van der Waals surface area (Å²) >= 11 is 0. The Morgan fingerprint density at radius 2 is 2.07 bits per heavy atom. The van der Waals surface area contributed by atoms with Gasteiger partial charge in [0.2, 0.25) is 0 Å². The predicted molar refractivity (Wildman–Crippen MR) is 53.1 cm³/mol. The zero-order valence-electron chi connectivity index (χ0n) is 8.12. The van der Waals surface area contributed by atoms with Gasteiger partial charge in [0.15, 0.2) is 0 Å². The second-order valence-corrected chi connectivity index (χ2v) is 3.46. The molecule has 0 aliphatic carbocycles. The SMILES string of the molecule is CC(=O)Oc1ccc(C2CCN2)cc1. The van der Waals surface area contributed by atoms with Gasteiger partial charge in [-0.15, -0.1) is 0 Å². The summed E-state index contributed by atoms with van der Waals surface area (Å²) in [5.41, 5.74) is 1.26. The van der Waals surface area contributed by atoms with E-state index in [1.165, 1.54) is 18.9 Å². The molecule has 1 aromatic carbocycles. The van der Waals surface area contributed by atoms with Gasteiger partial charge < -0.3 is 10.1 Å². The van der Waals surface area contributed by atoms with E-state index in [1.807, 2.05) is 24.3 Å². The lowest BCUT2D eigenvalue weighted by molar-refractivity contribution is -0.131. The molecule has 0 aromatic heterocycles. The molecule has 0 amide bonds. The van der Waals surface area contributed by atoms with Crippen LogP contribution in [0.5, 0.6) is 5.75 Å². The van der Waals surface area contributed by atoms with Gasteiger partial charge in [-0.3, -0.25) is 4.79 Å². The number of ether oxygens (including phenoxy) is 1. The number of hydrogen-bond acceptors (Lipinski definition) is 3. The number of hydrogen-bond donors (Lipinski definition) is 1. The number of nitrogens with one attached hydrogen (secondary N) is 1. The average Bonchev–Trinajstić information content (AvgIpc) is 2.04. The van der Waals surface area contributed by atoms with E-state index in [0.717, 1.165) is 6.54 Å². The number of esters is 1. The second kappa shape index (κ2) is 3.80. The van der Waals surface area contributed by atoms with Crippen molar-refractivity contribution in [2.24, 2.45) is 0 Å². The van der Waals surface area contributed by atoms with E-state index in [-0.39, 0.29) is 5.97 Å². The maximum Gasteiger partial charge on any atom is 0.308 e. The Labute approximate surface area is 83.1 Å². The van der Waals surface area contributed by atoms with Crippen LogP contribution in [0, 0.1) is 0 Å². The van der Waals surface area contributed by atoms with E-state index in [0.29, 0.717) is 11.8 Å². The van der Waals surface area contributed by atoms with Crippen LogP contribution in [0.3, 0.4) is 0 Å². The lowest BCUT2D eigenvalue weighted by Gasteiger charge is -2.27. The zero-order chi connectivity index (χ0) is 9.97. The predicted octanol–water partition coefficient (Wildman–Crippen LogP) is 1.65. The van der Waals surface area contributed by atoms with E-state index >= 15 is 0 Å². The van der Waals surface area contributed by atoms with Crippen molar-refractivity contribution in [1.82, 2.24) is 5.32 Å². The summed E-state index contributed by atoms with van der Waals surface area (Å²) in [5.74, 6) is 0.333. The topological polar surface area (TPSA) is 38.3 Å². The van der Waals surface area contributed by atoms with Gasteiger partial charge in [0.05, 0.1) is 0 Å².